The number of rotatable bonds is 6. The summed E-state index contributed by atoms with van der Waals surface area (Å²) in [7, 11) is 0. The Bertz CT molecular complexity index is 1590. The summed E-state index contributed by atoms with van der Waals surface area (Å²) in [6, 6.07) is 19.4. The average molecular weight is 598 g/mol. The fourth-order valence-electron chi connectivity index (χ4n) is 3.60. The van der Waals surface area contributed by atoms with Crippen LogP contribution in [0, 0.1) is 5.82 Å². The van der Waals surface area contributed by atoms with Crippen LogP contribution in [0.1, 0.15) is 10.4 Å². The van der Waals surface area contributed by atoms with Crippen LogP contribution in [0.5, 0.6) is 0 Å². The summed E-state index contributed by atoms with van der Waals surface area (Å²) in [4.78, 5) is 43.5. The normalized spacial score (nSPS) is 13.3. The summed E-state index contributed by atoms with van der Waals surface area (Å²) in [5.74, 6) is -2.81. The zero-order valence-corrected chi connectivity index (χ0v) is 21.8. The number of anilines is 3. The lowest BCUT2D eigenvalue weighted by Gasteiger charge is -2.15. The van der Waals surface area contributed by atoms with Crippen LogP contribution in [-0.4, -0.2) is 22.7 Å². The van der Waals surface area contributed by atoms with Gasteiger partial charge in [0.2, 0.25) is 0 Å². The Hall–Kier alpha value is -3.86. The highest BCUT2D eigenvalue weighted by molar-refractivity contribution is 9.10. The summed E-state index contributed by atoms with van der Waals surface area (Å²) < 4.78 is 15.2. The molecule has 0 atom stereocenters. The standard InChI is InChI=1S/C26H15BrClFN4O3S/c27-16-10-8-14(9-11-16)19-13-37-26(31-19)32-23(34)15-4-3-5-17(12-15)30-22-21(28)24(35)33(25(22)36)20-7-2-1-6-18(20)29/h1-13,30H,(H,31,32,34). The van der Waals surface area contributed by atoms with E-state index >= 15 is 0 Å². The van der Waals surface area contributed by atoms with Gasteiger partial charge in [0.15, 0.2) is 5.13 Å². The number of hydrogen-bond acceptors (Lipinski definition) is 6. The molecule has 3 aromatic carbocycles. The maximum Gasteiger partial charge on any atom is 0.283 e. The van der Waals surface area contributed by atoms with Crippen LogP contribution in [0.2, 0.25) is 0 Å². The summed E-state index contributed by atoms with van der Waals surface area (Å²) >= 11 is 10.8. The first-order valence-electron chi connectivity index (χ1n) is 10.7. The van der Waals surface area contributed by atoms with E-state index in [4.69, 9.17) is 11.6 Å². The van der Waals surface area contributed by atoms with Crippen LogP contribution in [-0.2, 0) is 9.59 Å². The number of benzene rings is 3. The highest BCUT2D eigenvalue weighted by Crippen LogP contribution is 2.32. The smallest absolute Gasteiger partial charge is 0.283 e. The lowest BCUT2D eigenvalue weighted by molar-refractivity contribution is -0.120. The second-order valence-corrected chi connectivity index (χ2v) is 9.94. The molecule has 0 spiro atoms. The van der Waals surface area contributed by atoms with Gasteiger partial charge >= 0.3 is 0 Å². The molecule has 5 rings (SSSR count). The molecule has 7 nitrogen and oxygen atoms in total. The first-order valence-corrected chi connectivity index (χ1v) is 12.8. The molecule has 1 aromatic heterocycles. The molecule has 4 aromatic rings. The fraction of sp³-hybridized carbons (Fsp3) is 0. The zero-order valence-electron chi connectivity index (χ0n) is 18.7. The third-order valence-electron chi connectivity index (χ3n) is 5.38. The average Bonchev–Trinajstić information content (AvgIpc) is 3.44. The van der Waals surface area contributed by atoms with Crippen molar-refractivity contribution in [1.29, 1.82) is 0 Å². The van der Waals surface area contributed by atoms with Crippen molar-refractivity contribution in [2.45, 2.75) is 0 Å². The van der Waals surface area contributed by atoms with Gasteiger partial charge in [-0.1, -0.05) is 57.9 Å². The monoisotopic (exact) mass is 596 g/mol. The minimum absolute atomic E-state index is 0.202. The van der Waals surface area contributed by atoms with Gasteiger partial charge in [-0.2, -0.15) is 0 Å². The first-order chi connectivity index (χ1) is 17.8. The van der Waals surface area contributed by atoms with Gasteiger partial charge in [-0.3, -0.25) is 19.7 Å². The maximum absolute atomic E-state index is 14.2. The Kier molecular flexibility index (Phi) is 6.88. The zero-order chi connectivity index (χ0) is 26.1. The van der Waals surface area contributed by atoms with Gasteiger partial charge in [-0.05, 0) is 42.5 Å². The number of carbonyl (C=O) groups excluding carboxylic acids is 3. The molecule has 1 aliphatic rings. The second kappa shape index (κ2) is 10.3. The number of hydrogen-bond donors (Lipinski definition) is 2. The number of amides is 3. The molecule has 0 unspecified atom stereocenters. The number of aromatic nitrogens is 1. The first kappa shape index (κ1) is 24.8. The molecule has 1 aliphatic heterocycles. The molecule has 0 saturated carbocycles. The predicted octanol–water partition coefficient (Wildman–Crippen LogP) is 6.40. The van der Waals surface area contributed by atoms with Crippen molar-refractivity contribution in [3.8, 4) is 11.3 Å². The van der Waals surface area contributed by atoms with Gasteiger partial charge in [0, 0.05) is 26.7 Å². The van der Waals surface area contributed by atoms with E-state index in [0.717, 1.165) is 21.8 Å². The van der Waals surface area contributed by atoms with E-state index in [1.54, 1.807) is 18.2 Å². The van der Waals surface area contributed by atoms with Crippen molar-refractivity contribution in [2.24, 2.45) is 0 Å². The van der Waals surface area contributed by atoms with Gasteiger partial charge < -0.3 is 5.32 Å². The number of para-hydroxylation sites is 1. The Morgan fingerprint density at radius 1 is 1.00 bits per heavy atom. The molecule has 0 bridgehead atoms. The van der Waals surface area contributed by atoms with Crippen LogP contribution in [0.25, 0.3) is 11.3 Å². The van der Waals surface area contributed by atoms with E-state index in [1.165, 1.54) is 35.6 Å². The van der Waals surface area contributed by atoms with E-state index in [1.807, 2.05) is 29.6 Å². The van der Waals surface area contributed by atoms with Crippen molar-refractivity contribution in [1.82, 2.24) is 4.98 Å². The fourth-order valence-corrected chi connectivity index (χ4v) is 4.79. The largest absolute Gasteiger partial charge is 0.350 e. The van der Waals surface area contributed by atoms with Crippen molar-refractivity contribution in [2.75, 3.05) is 15.5 Å². The highest BCUT2D eigenvalue weighted by Gasteiger charge is 2.40. The third kappa shape index (κ3) is 5.04. The van der Waals surface area contributed by atoms with Crippen LogP contribution < -0.4 is 15.5 Å². The SMILES string of the molecule is O=C(Nc1nc(-c2ccc(Br)cc2)cs1)c1cccc(NC2=C(Cl)C(=O)N(c3ccccc3F)C2=O)c1. The lowest BCUT2D eigenvalue weighted by atomic mass is 10.2. The van der Waals surface area contributed by atoms with E-state index in [-0.39, 0.29) is 22.0 Å². The molecule has 11 heteroatoms. The highest BCUT2D eigenvalue weighted by atomic mass is 79.9. The molecule has 0 saturated heterocycles. The Morgan fingerprint density at radius 3 is 2.51 bits per heavy atom. The molecule has 0 fully saturated rings. The number of thiazole rings is 1. The van der Waals surface area contributed by atoms with Crippen molar-refractivity contribution in [3.05, 3.63) is 105 Å². The molecule has 3 amide bonds. The molecule has 184 valence electrons. The molecule has 0 radical (unpaired) electrons. The number of nitrogens with zero attached hydrogens (tertiary/aromatic N) is 2. The number of carbonyl (C=O) groups is 3. The van der Waals surface area contributed by atoms with Gasteiger partial charge in [0.25, 0.3) is 17.7 Å². The number of halogens is 3. The summed E-state index contributed by atoms with van der Waals surface area (Å²) in [6.07, 6.45) is 0. The van der Waals surface area contributed by atoms with Crippen LogP contribution in [0.15, 0.2) is 93.4 Å². The van der Waals surface area contributed by atoms with E-state index in [9.17, 15) is 18.8 Å². The summed E-state index contributed by atoms with van der Waals surface area (Å²) in [6.45, 7) is 0. The Balaban J connectivity index is 1.31. The van der Waals surface area contributed by atoms with Gasteiger partial charge in [-0.15, -0.1) is 11.3 Å². The van der Waals surface area contributed by atoms with Gasteiger partial charge in [-0.25, -0.2) is 14.3 Å². The minimum Gasteiger partial charge on any atom is -0.350 e. The quantitative estimate of drug-likeness (QED) is 0.251. The topological polar surface area (TPSA) is 91.4 Å². The van der Waals surface area contributed by atoms with Crippen molar-refractivity contribution in [3.63, 3.8) is 0 Å². The Morgan fingerprint density at radius 2 is 1.76 bits per heavy atom. The molecule has 2 N–H and O–H groups in total. The van der Waals surface area contributed by atoms with Crippen molar-refractivity contribution >= 4 is 73.1 Å². The third-order valence-corrected chi connectivity index (χ3v) is 7.02. The van der Waals surface area contributed by atoms with Crippen LogP contribution >= 0.6 is 38.9 Å². The predicted molar refractivity (Wildman–Crippen MR) is 145 cm³/mol. The van der Waals surface area contributed by atoms with Crippen molar-refractivity contribution < 1.29 is 18.8 Å². The molecular formula is C26H15BrClFN4O3S. The molecule has 0 aliphatic carbocycles. The van der Waals surface area contributed by atoms with Crippen LogP contribution in [0.4, 0.5) is 20.9 Å². The molecule has 37 heavy (non-hydrogen) atoms. The summed E-state index contributed by atoms with van der Waals surface area (Å²) in [5, 5.41) is 7.44. The van der Waals surface area contributed by atoms with E-state index < -0.39 is 23.5 Å². The van der Waals surface area contributed by atoms with E-state index in [2.05, 4.69) is 31.5 Å². The second-order valence-electron chi connectivity index (χ2n) is 7.79. The molecule has 2 heterocycles. The summed E-state index contributed by atoms with van der Waals surface area (Å²) in [5.41, 5.74) is 1.85. The van der Waals surface area contributed by atoms with Crippen LogP contribution in [0.3, 0.4) is 0 Å². The Labute approximate surface area is 227 Å². The van der Waals surface area contributed by atoms with E-state index in [0.29, 0.717) is 15.7 Å². The maximum atomic E-state index is 14.2. The molecular weight excluding hydrogens is 583 g/mol. The van der Waals surface area contributed by atoms with Gasteiger partial charge in [0.1, 0.15) is 16.5 Å². The number of imide groups is 1. The van der Waals surface area contributed by atoms with Gasteiger partial charge in [0.05, 0.1) is 11.4 Å². The minimum atomic E-state index is -0.849. The number of nitrogens with one attached hydrogen (secondary N) is 2. The lowest BCUT2D eigenvalue weighted by Crippen LogP contribution is -2.33.